The molecule has 2 bridgehead atoms. The van der Waals surface area contributed by atoms with Gasteiger partial charge in [0.05, 0.1) is 39.9 Å². The smallest absolute Gasteiger partial charge is 0.161 e. The Balaban J connectivity index is 0.000000658. The Morgan fingerprint density at radius 3 is 1.89 bits per heavy atom. The van der Waals surface area contributed by atoms with Gasteiger partial charge in [-0.05, 0) is 125 Å². The molecule has 0 amide bonds. The van der Waals surface area contributed by atoms with Crippen LogP contribution in [0.3, 0.4) is 0 Å². The van der Waals surface area contributed by atoms with Crippen LogP contribution in [0.25, 0.3) is 0 Å². The molecule has 4 atom stereocenters. The standard InChI is InChI=1S/C27H38N2O4.C11H21N.2ClH/c1-20(2)27(19-28,22-10-12-24(31-5)26(18-22)33-7)14-8-15-29(3)16-13-21-9-11-23(30-4)25(17-21)32-6;1-10(2)8-5-6-9(7-8)11(10,3)12-4;;/h9-12,17-18,20H,8,13-16H2,1-7H3;8-9,12H,5-7H2,1-4H3;2*1H. The number of halogens is 2. The molecule has 0 heterocycles. The maximum absolute atomic E-state index is 10.2. The molecule has 2 aromatic carbocycles. The van der Waals surface area contributed by atoms with Crippen molar-refractivity contribution in [3.63, 3.8) is 0 Å². The van der Waals surface area contributed by atoms with Crippen LogP contribution >= 0.6 is 24.8 Å². The summed E-state index contributed by atoms with van der Waals surface area (Å²) in [6, 6.07) is 14.5. The van der Waals surface area contributed by atoms with E-state index in [9.17, 15) is 5.26 Å². The first-order chi connectivity index (χ1) is 21.4. The number of hydrogen-bond acceptors (Lipinski definition) is 7. The number of methoxy groups -OCH3 is 4. The van der Waals surface area contributed by atoms with Crippen LogP contribution in [-0.4, -0.2) is 66.1 Å². The van der Waals surface area contributed by atoms with Gasteiger partial charge in [0.15, 0.2) is 23.0 Å². The number of benzene rings is 2. The molecule has 2 fully saturated rings. The number of ether oxygens (including phenoxy) is 4. The second-order valence-electron chi connectivity index (χ2n) is 14.0. The lowest BCUT2D eigenvalue weighted by atomic mass is 9.64. The lowest BCUT2D eigenvalue weighted by Crippen LogP contribution is -2.55. The van der Waals surface area contributed by atoms with Crippen LogP contribution in [0.5, 0.6) is 23.0 Å². The van der Waals surface area contributed by atoms with Gasteiger partial charge in [0.2, 0.25) is 0 Å². The topological polar surface area (TPSA) is 76.0 Å². The Morgan fingerprint density at radius 1 is 0.872 bits per heavy atom. The third kappa shape index (κ3) is 9.01. The molecule has 0 saturated heterocycles. The van der Waals surface area contributed by atoms with Gasteiger partial charge in [0, 0.05) is 12.1 Å². The van der Waals surface area contributed by atoms with Crippen molar-refractivity contribution in [2.75, 3.05) is 55.6 Å². The highest BCUT2D eigenvalue weighted by atomic mass is 35.5. The highest BCUT2D eigenvalue weighted by Crippen LogP contribution is 2.61. The number of rotatable bonds is 14. The number of nitrogens with zero attached hydrogens (tertiary/aromatic N) is 2. The molecule has 0 radical (unpaired) electrons. The molecule has 7 nitrogen and oxygen atoms in total. The molecule has 2 aromatic rings. The molecule has 0 spiro atoms. The predicted molar refractivity (Wildman–Crippen MR) is 198 cm³/mol. The molecule has 2 saturated carbocycles. The highest BCUT2D eigenvalue weighted by molar-refractivity contribution is 5.85. The fraction of sp³-hybridized carbons (Fsp3) is 0.658. The monoisotopic (exact) mass is 693 g/mol. The molecule has 0 aliphatic heterocycles. The first-order valence-electron chi connectivity index (χ1n) is 16.6. The zero-order valence-corrected chi connectivity index (χ0v) is 32.3. The molecule has 2 aliphatic rings. The SMILES string of the molecule is CNC1(C)C2CCC(C2)C1(C)C.COc1ccc(CCN(C)CCCC(C#N)(c2ccc(OC)c(OC)c2)C(C)C)cc1OC.Cl.Cl. The Kier molecular flexibility index (Phi) is 16.7. The number of hydrogen-bond donors (Lipinski definition) is 1. The van der Waals surface area contributed by atoms with Gasteiger partial charge < -0.3 is 29.2 Å². The van der Waals surface area contributed by atoms with Crippen LogP contribution in [-0.2, 0) is 11.8 Å². The number of nitrogens with one attached hydrogen (secondary N) is 1. The summed E-state index contributed by atoms with van der Waals surface area (Å²) < 4.78 is 21.6. The summed E-state index contributed by atoms with van der Waals surface area (Å²) in [6.07, 6.45) is 6.99. The van der Waals surface area contributed by atoms with Crippen LogP contribution in [0.2, 0.25) is 0 Å². The molecule has 4 rings (SSSR count). The second kappa shape index (κ2) is 18.4. The minimum Gasteiger partial charge on any atom is -0.493 e. The first-order valence-corrected chi connectivity index (χ1v) is 16.6. The minimum atomic E-state index is -0.580. The third-order valence-electron chi connectivity index (χ3n) is 11.6. The van der Waals surface area contributed by atoms with Gasteiger partial charge in [-0.15, -0.1) is 24.8 Å². The minimum absolute atomic E-state index is 0. The Labute approximate surface area is 297 Å². The molecule has 4 unspecified atom stereocenters. The van der Waals surface area contributed by atoms with Crippen molar-refractivity contribution in [1.29, 1.82) is 5.26 Å². The van der Waals surface area contributed by atoms with E-state index >= 15 is 0 Å². The molecular weight excluding hydrogens is 633 g/mol. The lowest BCUT2D eigenvalue weighted by molar-refractivity contribution is 0.0732. The number of fused-ring (bicyclic) bond motifs is 2. The van der Waals surface area contributed by atoms with E-state index in [1.807, 2.05) is 30.3 Å². The molecular formula is C38H61Cl2N3O4. The summed E-state index contributed by atoms with van der Waals surface area (Å²) in [6.45, 7) is 13.3. The highest BCUT2D eigenvalue weighted by Gasteiger charge is 2.59. The Morgan fingerprint density at radius 2 is 1.43 bits per heavy atom. The van der Waals surface area contributed by atoms with Crippen molar-refractivity contribution >= 4 is 24.8 Å². The van der Waals surface area contributed by atoms with Crippen molar-refractivity contribution < 1.29 is 18.9 Å². The first kappa shape index (κ1) is 42.7. The van der Waals surface area contributed by atoms with E-state index in [-0.39, 0.29) is 30.7 Å². The average Bonchev–Trinajstić information content (AvgIpc) is 3.62. The zero-order valence-electron chi connectivity index (χ0n) is 30.7. The number of likely N-dealkylation sites (N-methyl/N-ethyl adjacent to an activating group) is 1. The molecule has 47 heavy (non-hydrogen) atoms. The van der Waals surface area contributed by atoms with Crippen molar-refractivity contribution in [2.45, 2.75) is 84.1 Å². The van der Waals surface area contributed by atoms with Crippen molar-refractivity contribution in [3.8, 4) is 29.1 Å². The summed E-state index contributed by atoms with van der Waals surface area (Å²) in [5, 5.41) is 13.8. The van der Waals surface area contributed by atoms with Crippen molar-refractivity contribution in [1.82, 2.24) is 10.2 Å². The van der Waals surface area contributed by atoms with Gasteiger partial charge in [0.25, 0.3) is 0 Å². The summed E-state index contributed by atoms with van der Waals surface area (Å²) in [5.74, 6) is 4.89. The summed E-state index contributed by atoms with van der Waals surface area (Å²) in [4.78, 5) is 2.31. The predicted octanol–water partition coefficient (Wildman–Crippen LogP) is 8.36. The molecule has 266 valence electrons. The molecule has 9 heteroatoms. The second-order valence-corrected chi connectivity index (χ2v) is 14.0. The van der Waals surface area contributed by atoms with E-state index in [0.29, 0.717) is 22.5 Å². The maximum Gasteiger partial charge on any atom is 0.161 e. The van der Waals surface area contributed by atoms with Gasteiger partial charge in [-0.25, -0.2) is 0 Å². The van der Waals surface area contributed by atoms with E-state index in [1.54, 1.807) is 28.4 Å². The molecule has 1 N–H and O–H groups in total. The summed E-state index contributed by atoms with van der Waals surface area (Å²) in [5.41, 5.74) is 2.51. The lowest BCUT2D eigenvalue weighted by Gasteiger charge is -2.47. The van der Waals surface area contributed by atoms with Gasteiger partial charge in [-0.2, -0.15) is 5.26 Å². The molecule has 2 aliphatic carbocycles. The van der Waals surface area contributed by atoms with Crippen LogP contribution < -0.4 is 24.3 Å². The number of nitriles is 1. The normalized spacial score (nSPS) is 21.8. The van der Waals surface area contributed by atoms with E-state index in [4.69, 9.17) is 18.9 Å². The van der Waals surface area contributed by atoms with Crippen molar-refractivity contribution in [3.05, 3.63) is 47.5 Å². The summed E-state index contributed by atoms with van der Waals surface area (Å²) >= 11 is 0. The van der Waals surface area contributed by atoms with E-state index < -0.39 is 5.41 Å². The third-order valence-corrected chi connectivity index (χ3v) is 11.6. The zero-order chi connectivity index (χ0) is 33.4. The van der Waals surface area contributed by atoms with Crippen LogP contribution in [0.4, 0.5) is 0 Å². The largest absolute Gasteiger partial charge is 0.493 e. The van der Waals surface area contributed by atoms with Crippen LogP contribution in [0.15, 0.2) is 36.4 Å². The fourth-order valence-corrected chi connectivity index (χ4v) is 7.86. The van der Waals surface area contributed by atoms with Crippen LogP contribution in [0, 0.1) is 34.5 Å². The average molecular weight is 695 g/mol. The fourth-order valence-electron chi connectivity index (χ4n) is 7.86. The Hall–Kier alpha value is -2.37. The van der Waals surface area contributed by atoms with Crippen molar-refractivity contribution in [2.24, 2.45) is 23.2 Å². The Bertz CT molecular complexity index is 1300. The quantitative estimate of drug-likeness (QED) is 0.213. The van der Waals surface area contributed by atoms with E-state index in [2.05, 4.69) is 71.1 Å². The van der Waals surface area contributed by atoms with Crippen LogP contribution in [0.1, 0.15) is 77.8 Å². The van der Waals surface area contributed by atoms with Gasteiger partial charge in [-0.1, -0.05) is 39.8 Å². The van der Waals surface area contributed by atoms with Gasteiger partial charge in [0.1, 0.15) is 0 Å². The summed E-state index contributed by atoms with van der Waals surface area (Å²) in [7, 11) is 10.8. The maximum atomic E-state index is 10.2. The van der Waals surface area contributed by atoms with E-state index in [0.717, 1.165) is 61.3 Å². The van der Waals surface area contributed by atoms with E-state index in [1.165, 1.54) is 24.8 Å². The molecule has 0 aromatic heterocycles. The van der Waals surface area contributed by atoms with Gasteiger partial charge in [-0.3, -0.25) is 0 Å². The van der Waals surface area contributed by atoms with Gasteiger partial charge >= 0.3 is 0 Å².